The molecule has 3 heterocycles. The Balaban J connectivity index is 1.06. The predicted molar refractivity (Wildman–Crippen MR) is 227 cm³/mol. The van der Waals surface area contributed by atoms with Crippen LogP contribution in [-0.4, -0.2) is 191 Å². The normalized spacial score (nSPS) is 57.4. The van der Waals surface area contributed by atoms with Crippen LogP contribution in [0.25, 0.3) is 0 Å². The van der Waals surface area contributed by atoms with Gasteiger partial charge in [0.2, 0.25) is 0 Å². The summed E-state index contributed by atoms with van der Waals surface area (Å²) >= 11 is 0. The van der Waals surface area contributed by atoms with Gasteiger partial charge in [-0.25, -0.2) is 4.79 Å². The second-order valence-electron chi connectivity index (χ2n) is 23.0. The van der Waals surface area contributed by atoms with Crippen LogP contribution in [-0.2, 0) is 33.2 Å². The van der Waals surface area contributed by atoms with Crippen LogP contribution < -0.4 is 0 Å². The molecule has 12 N–H and O–H groups in total. The van der Waals surface area contributed by atoms with Crippen molar-refractivity contribution in [1.82, 2.24) is 0 Å². The first-order chi connectivity index (χ1) is 30.8. The van der Waals surface area contributed by atoms with Crippen molar-refractivity contribution in [2.24, 2.45) is 50.2 Å². The summed E-state index contributed by atoms with van der Waals surface area (Å²) in [6.07, 6.45) is -18.9. The molecule has 378 valence electrons. The smallest absolute Gasteiger partial charge is 0.335 e. The summed E-state index contributed by atoms with van der Waals surface area (Å²) in [5, 5.41) is 131. The summed E-state index contributed by atoms with van der Waals surface area (Å²) in [5.41, 5.74) is -1.86. The van der Waals surface area contributed by atoms with E-state index in [1.54, 1.807) is 0 Å². The first kappa shape index (κ1) is 50.9. The molecule has 5 aliphatic carbocycles. The Morgan fingerprint density at radius 3 is 2.00 bits per heavy atom. The van der Waals surface area contributed by atoms with Crippen molar-refractivity contribution in [3.63, 3.8) is 0 Å². The van der Waals surface area contributed by atoms with Crippen molar-refractivity contribution in [3.8, 4) is 0 Å². The van der Waals surface area contributed by atoms with Crippen LogP contribution in [0, 0.1) is 50.2 Å². The van der Waals surface area contributed by atoms with Crippen LogP contribution in [0.4, 0.5) is 0 Å². The highest BCUT2D eigenvalue weighted by Gasteiger charge is 2.70. The zero-order valence-corrected chi connectivity index (χ0v) is 39.1. The maximum absolute atomic E-state index is 12.4. The number of hydrogen-bond acceptors (Lipinski definition) is 18. The molecule has 0 radical (unpaired) electrons. The monoisotopic (exact) mass is 944 g/mol. The maximum atomic E-state index is 12.4. The van der Waals surface area contributed by atoms with E-state index in [2.05, 4.69) is 33.8 Å². The van der Waals surface area contributed by atoms with E-state index in [1.807, 2.05) is 13.8 Å². The molecule has 0 spiro atoms. The van der Waals surface area contributed by atoms with Crippen molar-refractivity contribution >= 4 is 5.97 Å². The van der Waals surface area contributed by atoms with E-state index in [9.17, 15) is 66.1 Å². The lowest BCUT2D eigenvalue weighted by Crippen LogP contribution is -2.68. The van der Waals surface area contributed by atoms with Gasteiger partial charge in [-0.2, -0.15) is 0 Å². The van der Waals surface area contributed by atoms with Gasteiger partial charge < -0.3 is 89.7 Å². The first-order valence-corrected chi connectivity index (χ1v) is 23.9. The van der Waals surface area contributed by atoms with Gasteiger partial charge in [0.05, 0.1) is 44.2 Å². The van der Waals surface area contributed by atoms with Crippen molar-refractivity contribution < 1.29 is 94.5 Å². The number of carbonyl (C=O) groups is 1. The van der Waals surface area contributed by atoms with E-state index in [0.29, 0.717) is 32.1 Å². The predicted octanol–water partition coefficient (Wildman–Crippen LogP) is -0.713. The average Bonchev–Trinajstić information content (AvgIpc) is 3.27. The highest BCUT2D eigenvalue weighted by molar-refractivity contribution is 5.73. The summed E-state index contributed by atoms with van der Waals surface area (Å²) < 4.78 is 36.0. The Morgan fingerprint density at radius 1 is 0.682 bits per heavy atom. The lowest BCUT2D eigenvalue weighted by molar-refractivity contribution is -0.387. The molecule has 26 atom stereocenters. The number of aliphatic hydroxyl groups is 11. The molecule has 0 bridgehead atoms. The lowest BCUT2D eigenvalue weighted by Gasteiger charge is -2.72. The van der Waals surface area contributed by atoms with Gasteiger partial charge in [-0.3, -0.25) is 0 Å². The van der Waals surface area contributed by atoms with E-state index < -0.39 is 133 Å². The fourth-order valence-electron chi connectivity index (χ4n) is 14.9. The quantitative estimate of drug-likeness (QED) is 0.100. The second-order valence-corrected chi connectivity index (χ2v) is 23.0. The van der Waals surface area contributed by atoms with Crippen LogP contribution in [0.1, 0.15) is 99.8 Å². The topological polar surface area (TPSA) is 315 Å². The number of ether oxygens (including phenoxy) is 6. The second kappa shape index (κ2) is 17.7. The van der Waals surface area contributed by atoms with E-state index >= 15 is 0 Å². The van der Waals surface area contributed by atoms with Crippen LogP contribution in [0.2, 0.25) is 0 Å². The number of carboxylic acids is 1. The third-order valence-corrected chi connectivity index (χ3v) is 19.6. The molecule has 8 aliphatic rings. The molecule has 66 heavy (non-hydrogen) atoms. The van der Waals surface area contributed by atoms with Crippen molar-refractivity contribution in [2.45, 2.75) is 204 Å². The number of fused-ring (bicyclic) bond motifs is 7. The van der Waals surface area contributed by atoms with Crippen molar-refractivity contribution in [1.29, 1.82) is 0 Å². The molecule has 0 unspecified atom stereocenters. The Bertz CT molecular complexity index is 1820. The molecule has 0 amide bonds. The fraction of sp³-hybridized carbons (Fsp3) is 0.936. The molecular weight excluding hydrogens is 868 g/mol. The Morgan fingerprint density at radius 2 is 1.35 bits per heavy atom. The molecule has 19 heteroatoms. The minimum absolute atomic E-state index is 0.0388. The van der Waals surface area contributed by atoms with Crippen LogP contribution in [0.15, 0.2) is 11.6 Å². The molecular formula is C47H76O19. The van der Waals surface area contributed by atoms with Gasteiger partial charge in [-0.05, 0) is 92.3 Å². The fourth-order valence-corrected chi connectivity index (χ4v) is 14.9. The molecule has 3 saturated heterocycles. The van der Waals surface area contributed by atoms with Crippen molar-refractivity contribution in [3.05, 3.63) is 11.6 Å². The van der Waals surface area contributed by atoms with E-state index in [4.69, 9.17) is 28.4 Å². The lowest BCUT2D eigenvalue weighted by atomic mass is 9.33. The number of aliphatic carboxylic acids is 1. The van der Waals surface area contributed by atoms with Gasteiger partial charge in [0, 0.05) is 16.2 Å². The zero-order chi connectivity index (χ0) is 48.4. The molecule has 0 aromatic carbocycles. The first-order valence-electron chi connectivity index (χ1n) is 23.9. The SMILES string of the molecule is C[C@@H]1O[C@@H](O[C@H]2[C@H](O[C@H]3[C@H](O[C@H]4CC[C@@]5(C)[C@@H](CC[C@]6(C)[C@@H]5CC=C5[C@@H]7C[C@](C)(CO)[C@@H](O)[C@H](O)[C@]7(C)CC[C@]56C)[C@@]4(C)CO)O[C@H](C(=O)O)[C@@H](O)[C@@H]3O)OC[C@@H](O)[C@@H]2O)[C@H](O)[C@H](O)[C@H]1O. The number of carboxylic acid groups (broad SMARTS) is 1. The molecule has 3 aliphatic heterocycles. The number of hydrogen-bond donors (Lipinski definition) is 12. The van der Waals surface area contributed by atoms with Crippen LogP contribution >= 0.6 is 0 Å². The van der Waals surface area contributed by atoms with Gasteiger partial charge in [-0.1, -0.05) is 53.2 Å². The standard InChI is InChI=1S/C47H76O19/c1-20-27(51)29(53)32(56)39(62-20)65-34-28(52)23(50)17-61-40(34)66-35-31(55)30(54)33(38(59)60)64-41(35)63-26-11-12-44(4)24(45(26,5)19-49)10-13-47(7)25(44)9-8-21-22-16-42(2,18-48)36(57)37(58)43(22,3)14-15-46(21,47)6/h8,20,22-37,39-41,48-58H,9-19H2,1-7H3,(H,59,60)/t20-,22-,23+,24+,25+,26-,27-,28-,29+,30-,31-,32+,33-,34+,35+,36-,37-,39-,40-,41+,42+,43+,44-,45+,46+,47+/m0/s1. The summed E-state index contributed by atoms with van der Waals surface area (Å²) in [6, 6.07) is 0. The molecule has 19 nitrogen and oxygen atoms in total. The third kappa shape index (κ3) is 7.51. The van der Waals surface area contributed by atoms with Gasteiger partial charge in [0.15, 0.2) is 25.0 Å². The van der Waals surface area contributed by atoms with Gasteiger partial charge in [-0.15, -0.1) is 0 Å². The van der Waals surface area contributed by atoms with Crippen LogP contribution in [0.5, 0.6) is 0 Å². The maximum Gasteiger partial charge on any atom is 0.335 e. The summed E-state index contributed by atoms with van der Waals surface area (Å²) in [5.74, 6) is -1.59. The summed E-state index contributed by atoms with van der Waals surface area (Å²) in [7, 11) is 0. The third-order valence-electron chi connectivity index (χ3n) is 19.6. The summed E-state index contributed by atoms with van der Waals surface area (Å²) in [4.78, 5) is 12.4. The van der Waals surface area contributed by atoms with E-state index in [0.717, 1.165) is 19.3 Å². The highest BCUT2D eigenvalue weighted by atomic mass is 16.8. The zero-order valence-electron chi connectivity index (χ0n) is 39.1. The van der Waals surface area contributed by atoms with Crippen LogP contribution in [0.3, 0.4) is 0 Å². The Hall–Kier alpha value is -1.47. The summed E-state index contributed by atoms with van der Waals surface area (Å²) in [6.45, 7) is 13.3. The molecule has 4 saturated carbocycles. The average molecular weight is 945 g/mol. The van der Waals surface area contributed by atoms with Gasteiger partial charge >= 0.3 is 5.97 Å². The number of aliphatic hydroxyl groups excluding tert-OH is 11. The largest absolute Gasteiger partial charge is 0.479 e. The van der Waals surface area contributed by atoms with E-state index in [-0.39, 0.29) is 47.2 Å². The number of allylic oxidation sites excluding steroid dienone is 2. The number of rotatable bonds is 9. The molecule has 7 fully saturated rings. The molecule has 0 aromatic heterocycles. The Labute approximate surface area is 385 Å². The van der Waals surface area contributed by atoms with Gasteiger partial charge in [0.25, 0.3) is 0 Å². The highest BCUT2D eigenvalue weighted by Crippen LogP contribution is 2.76. The van der Waals surface area contributed by atoms with Gasteiger partial charge in [0.1, 0.15) is 54.9 Å². The van der Waals surface area contributed by atoms with E-state index in [1.165, 1.54) is 12.5 Å². The molecule has 8 rings (SSSR count). The Kier molecular flexibility index (Phi) is 13.6. The molecule has 0 aromatic rings. The van der Waals surface area contributed by atoms with Crippen molar-refractivity contribution in [2.75, 3.05) is 19.8 Å². The minimum atomic E-state index is -2.04. The minimum Gasteiger partial charge on any atom is -0.479 e.